The van der Waals surface area contributed by atoms with E-state index in [1.165, 1.54) is 0 Å². The molecule has 0 fully saturated rings. The second-order valence-electron chi connectivity index (χ2n) is 5.60. The molecule has 5 heteroatoms. The van der Waals surface area contributed by atoms with Gasteiger partial charge in [0.25, 0.3) is 0 Å². The molecule has 1 aromatic rings. The minimum atomic E-state index is -0.637. The molecule has 4 nitrogen and oxygen atoms in total. The number of rotatable bonds is 8. The van der Waals surface area contributed by atoms with Gasteiger partial charge in [0.05, 0.1) is 16.6 Å². The van der Waals surface area contributed by atoms with Crippen LogP contribution in [-0.2, 0) is 4.79 Å². The first-order valence-corrected chi connectivity index (χ1v) is 8.39. The van der Waals surface area contributed by atoms with Gasteiger partial charge < -0.3 is 10.1 Å². The Morgan fingerprint density at radius 2 is 1.95 bits per heavy atom. The van der Waals surface area contributed by atoms with E-state index in [-0.39, 0.29) is 11.7 Å². The predicted octanol–water partition coefficient (Wildman–Crippen LogP) is 4.57. The Kier molecular flexibility index (Phi) is 7.07. The zero-order valence-corrected chi connectivity index (χ0v) is 15.2. The van der Waals surface area contributed by atoms with E-state index in [2.05, 4.69) is 21.2 Å². The number of amides is 1. The fourth-order valence-electron chi connectivity index (χ4n) is 1.94. The summed E-state index contributed by atoms with van der Waals surface area (Å²) in [4.78, 5) is 24.2. The molecule has 0 atom stereocenters. The molecule has 0 aliphatic heterocycles. The number of unbranched alkanes of at least 4 members (excludes halogenated alkanes) is 1. The fourth-order valence-corrected chi connectivity index (χ4v) is 2.16. The standard InChI is InChI=1S/C17H24BrNO3/c1-5-7-8-15(20)19-13-10-9-12(11-14(13)22-6-2)16(21)17(3,4)18/h9-11H,5-8H2,1-4H3,(H,19,20). The van der Waals surface area contributed by atoms with Crippen LogP contribution in [-0.4, -0.2) is 22.6 Å². The summed E-state index contributed by atoms with van der Waals surface area (Å²) in [6.07, 6.45) is 2.31. The Labute approximate surface area is 140 Å². The summed E-state index contributed by atoms with van der Waals surface area (Å²) >= 11 is 3.37. The van der Waals surface area contributed by atoms with Crippen LogP contribution in [0.5, 0.6) is 5.75 Å². The van der Waals surface area contributed by atoms with Crippen LogP contribution in [0.25, 0.3) is 0 Å². The van der Waals surface area contributed by atoms with Crippen LogP contribution >= 0.6 is 15.9 Å². The minimum Gasteiger partial charge on any atom is -0.492 e. The average Bonchev–Trinajstić information content (AvgIpc) is 2.45. The molecule has 0 unspecified atom stereocenters. The predicted molar refractivity (Wildman–Crippen MR) is 93.1 cm³/mol. The topological polar surface area (TPSA) is 55.4 Å². The highest BCUT2D eigenvalue weighted by molar-refractivity contribution is 9.10. The summed E-state index contributed by atoms with van der Waals surface area (Å²) in [6, 6.07) is 5.12. The Morgan fingerprint density at radius 1 is 1.27 bits per heavy atom. The summed E-state index contributed by atoms with van der Waals surface area (Å²) in [5, 5.41) is 2.85. The Morgan fingerprint density at radius 3 is 2.50 bits per heavy atom. The van der Waals surface area contributed by atoms with Gasteiger partial charge in [-0.05, 0) is 45.4 Å². The number of ether oxygens (including phenoxy) is 1. The van der Waals surface area contributed by atoms with Crippen molar-refractivity contribution in [1.82, 2.24) is 0 Å². The Balaban J connectivity index is 3.00. The van der Waals surface area contributed by atoms with E-state index in [1.807, 2.05) is 13.8 Å². The van der Waals surface area contributed by atoms with Crippen molar-refractivity contribution in [2.45, 2.75) is 51.3 Å². The van der Waals surface area contributed by atoms with E-state index < -0.39 is 4.32 Å². The summed E-state index contributed by atoms with van der Waals surface area (Å²) in [5.41, 5.74) is 1.16. The number of Topliss-reactive ketones (excluding diaryl/α,β-unsaturated/α-hetero) is 1. The van der Waals surface area contributed by atoms with Crippen LogP contribution in [0.3, 0.4) is 0 Å². The van der Waals surface area contributed by atoms with Gasteiger partial charge in [-0.2, -0.15) is 0 Å². The highest BCUT2D eigenvalue weighted by atomic mass is 79.9. The maximum atomic E-state index is 12.3. The lowest BCUT2D eigenvalue weighted by molar-refractivity contribution is -0.116. The molecule has 0 saturated heterocycles. The first-order valence-electron chi connectivity index (χ1n) is 7.60. The van der Waals surface area contributed by atoms with Gasteiger partial charge in [-0.3, -0.25) is 9.59 Å². The van der Waals surface area contributed by atoms with Gasteiger partial charge in [0, 0.05) is 12.0 Å². The molecule has 0 aliphatic carbocycles. The van der Waals surface area contributed by atoms with E-state index in [4.69, 9.17) is 4.74 Å². The van der Waals surface area contributed by atoms with Gasteiger partial charge in [-0.25, -0.2) is 0 Å². The quantitative estimate of drug-likeness (QED) is 0.539. The van der Waals surface area contributed by atoms with Gasteiger partial charge >= 0.3 is 0 Å². The van der Waals surface area contributed by atoms with E-state index in [9.17, 15) is 9.59 Å². The molecular weight excluding hydrogens is 346 g/mol. The number of ketones is 1. The third-order valence-electron chi connectivity index (χ3n) is 3.12. The number of anilines is 1. The van der Waals surface area contributed by atoms with Crippen molar-refractivity contribution in [3.8, 4) is 5.75 Å². The lowest BCUT2D eigenvalue weighted by Crippen LogP contribution is -2.24. The number of benzene rings is 1. The summed E-state index contributed by atoms with van der Waals surface area (Å²) < 4.78 is 4.93. The number of hydrogen-bond donors (Lipinski definition) is 1. The molecule has 0 spiro atoms. The largest absolute Gasteiger partial charge is 0.492 e. The van der Waals surface area contributed by atoms with Crippen molar-refractivity contribution in [3.05, 3.63) is 23.8 Å². The van der Waals surface area contributed by atoms with Crippen molar-refractivity contribution in [3.63, 3.8) is 0 Å². The van der Waals surface area contributed by atoms with Crippen LogP contribution in [0.15, 0.2) is 18.2 Å². The van der Waals surface area contributed by atoms with Gasteiger partial charge in [0.2, 0.25) is 5.91 Å². The fraction of sp³-hybridized carbons (Fsp3) is 0.529. The van der Waals surface area contributed by atoms with Crippen molar-refractivity contribution < 1.29 is 14.3 Å². The SMILES string of the molecule is CCCCC(=O)Nc1ccc(C(=O)C(C)(C)Br)cc1OCC. The summed E-state index contributed by atoms with van der Waals surface area (Å²) in [7, 11) is 0. The highest BCUT2D eigenvalue weighted by Gasteiger charge is 2.26. The molecule has 0 aliphatic rings. The summed E-state index contributed by atoms with van der Waals surface area (Å²) in [6.45, 7) is 7.98. The second kappa shape index (κ2) is 8.32. The van der Waals surface area contributed by atoms with Crippen LogP contribution in [0.1, 0.15) is 57.3 Å². The molecule has 1 aromatic carbocycles. The minimum absolute atomic E-state index is 0.0303. The number of halogens is 1. The third-order valence-corrected chi connectivity index (χ3v) is 3.48. The molecule has 0 heterocycles. The smallest absolute Gasteiger partial charge is 0.224 e. The molecule has 0 bridgehead atoms. The first-order chi connectivity index (χ1) is 10.3. The zero-order valence-electron chi connectivity index (χ0n) is 13.7. The van der Waals surface area contributed by atoms with Crippen molar-refractivity contribution in [2.24, 2.45) is 0 Å². The summed E-state index contributed by atoms with van der Waals surface area (Å²) in [5.74, 6) is 0.454. The van der Waals surface area contributed by atoms with Gasteiger partial charge in [-0.1, -0.05) is 29.3 Å². The van der Waals surface area contributed by atoms with Crippen molar-refractivity contribution >= 4 is 33.3 Å². The molecule has 22 heavy (non-hydrogen) atoms. The lowest BCUT2D eigenvalue weighted by atomic mass is 10.0. The monoisotopic (exact) mass is 369 g/mol. The van der Waals surface area contributed by atoms with E-state index in [0.717, 1.165) is 12.8 Å². The molecule has 1 N–H and O–H groups in total. The van der Waals surface area contributed by atoms with Crippen molar-refractivity contribution in [1.29, 1.82) is 0 Å². The van der Waals surface area contributed by atoms with E-state index >= 15 is 0 Å². The number of carbonyl (C=O) groups excluding carboxylic acids is 2. The highest BCUT2D eigenvalue weighted by Crippen LogP contribution is 2.30. The number of nitrogens with one attached hydrogen (secondary N) is 1. The number of alkyl halides is 1. The zero-order chi connectivity index (χ0) is 16.8. The van der Waals surface area contributed by atoms with Gasteiger partial charge in [-0.15, -0.1) is 0 Å². The van der Waals surface area contributed by atoms with Gasteiger partial charge in [0.15, 0.2) is 5.78 Å². The van der Waals surface area contributed by atoms with Crippen LogP contribution in [0.4, 0.5) is 5.69 Å². The average molecular weight is 370 g/mol. The number of hydrogen-bond acceptors (Lipinski definition) is 3. The maximum Gasteiger partial charge on any atom is 0.224 e. The maximum absolute atomic E-state index is 12.3. The number of carbonyl (C=O) groups is 2. The van der Waals surface area contributed by atoms with E-state index in [0.29, 0.717) is 30.0 Å². The van der Waals surface area contributed by atoms with Crippen LogP contribution in [0.2, 0.25) is 0 Å². The molecule has 1 amide bonds. The first kappa shape index (κ1) is 18.7. The lowest BCUT2D eigenvalue weighted by Gasteiger charge is -2.17. The van der Waals surface area contributed by atoms with Gasteiger partial charge in [0.1, 0.15) is 5.75 Å². The van der Waals surface area contributed by atoms with E-state index in [1.54, 1.807) is 32.0 Å². The van der Waals surface area contributed by atoms with Crippen LogP contribution in [0, 0.1) is 0 Å². The van der Waals surface area contributed by atoms with Crippen LogP contribution < -0.4 is 10.1 Å². The molecule has 0 saturated carbocycles. The molecule has 0 radical (unpaired) electrons. The molecular formula is C17H24BrNO3. The van der Waals surface area contributed by atoms with Crippen molar-refractivity contribution in [2.75, 3.05) is 11.9 Å². The second-order valence-corrected chi connectivity index (χ2v) is 7.58. The molecule has 122 valence electrons. The third kappa shape index (κ3) is 5.44. The molecule has 1 rings (SSSR count). The molecule has 0 aromatic heterocycles. The normalized spacial score (nSPS) is 11.1. The Bertz CT molecular complexity index is 535. The Hall–Kier alpha value is -1.36.